The van der Waals surface area contributed by atoms with Crippen LogP contribution in [0.4, 0.5) is 0 Å². The lowest BCUT2D eigenvalue weighted by molar-refractivity contribution is -0.161. The molecule has 2 saturated heterocycles. The fourth-order valence-corrected chi connectivity index (χ4v) is 3.89. The maximum atomic E-state index is 12.8. The zero-order valence-electron chi connectivity index (χ0n) is 12.2. The van der Waals surface area contributed by atoms with Gasteiger partial charge in [0.25, 0.3) is 5.91 Å². The summed E-state index contributed by atoms with van der Waals surface area (Å²) in [6.45, 7) is 0. The Balaban J connectivity index is 2.05. The van der Waals surface area contributed by atoms with Gasteiger partial charge in [0.2, 0.25) is 0 Å². The summed E-state index contributed by atoms with van der Waals surface area (Å²) in [7, 11) is 1.23. The first-order valence-electron chi connectivity index (χ1n) is 7.22. The minimum atomic E-state index is -1.38. The highest BCUT2D eigenvalue weighted by molar-refractivity contribution is 6.01. The van der Waals surface area contributed by atoms with Gasteiger partial charge in [-0.3, -0.25) is 9.59 Å². The van der Waals surface area contributed by atoms with Crippen molar-refractivity contribution >= 4 is 17.8 Å². The monoisotopic (exact) mass is 303 g/mol. The highest BCUT2D eigenvalue weighted by atomic mass is 16.5. The van der Waals surface area contributed by atoms with Gasteiger partial charge < -0.3 is 14.7 Å². The molecule has 22 heavy (non-hydrogen) atoms. The molecule has 2 fully saturated rings. The van der Waals surface area contributed by atoms with Crippen LogP contribution in [-0.4, -0.2) is 46.5 Å². The Morgan fingerprint density at radius 2 is 1.95 bits per heavy atom. The molecular formula is C16H17NO5. The summed E-state index contributed by atoms with van der Waals surface area (Å²) in [6, 6.07) is 8.38. The molecule has 6 heteroatoms. The van der Waals surface area contributed by atoms with E-state index in [9.17, 15) is 19.5 Å². The second-order valence-electron chi connectivity index (χ2n) is 5.78. The van der Waals surface area contributed by atoms with Crippen LogP contribution < -0.4 is 0 Å². The molecule has 0 aliphatic carbocycles. The average molecular weight is 303 g/mol. The average Bonchev–Trinajstić information content (AvgIpc) is 3.08. The zero-order chi connectivity index (χ0) is 15.9. The Labute approximate surface area is 127 Å². The minimum Gasteiger partial charge on any atom is -0.481 e. The number of carbonyl (C=O) groups excluding carboxylic acids is 2. The fourth-order valence-electron chi connectivity index (χ4n) is 3.89. The van der Waals surface area contributed by atoms with Gasteiger partial charge in [0, 0.05) is 11.6 Å². The van der Waals surface area contributed by atoms with Gasteiger partial charge in [-0.1, -0.05) is 18.2 Å². The Kier molecular flexibility index (Phi) is 3.39. The smallest absolute Gasteiger partial charge is 0.332 e. The van der Waals surface area contributed by atoms with Gasteiger partial charge in [0.1, 0.15) is 0 Å². The number of hydrogen-bond acceptors (Lipinski definition) is 4. The lowest BCUT2D eigenvalue weighted by Crippen LogP contribution is -2.56. The van der Waals surface area contributed by atoms with Gasteiger partial charge in [-0.05, 0) is 31.4 Å². The van der Waals surface area contributed by atoms with E-state index >= 15 is 0 Å². The number of benzene rings is 1. The van der Waals surface area contributed by atoms with E-state index in [2.05, 4.69) is 0 Å². The van der Waals surface area contributed by atoms with Crippen LogP contribution in [0.3, 0.4) is 0 Å². The predicted molar refractivity (Wildman–Crippen MR) is 76.1 cm³/mol. The van der Waals surface area contributed by atoms with Gasteiger partial charge in [-0.2, -0.15) is 0 Å². The van der Waals surface area contributed by atoms with Gasteiger partial charge in [-0.15, -0.1) is 0 Å². The topological polar surface area (TPSA) is 83.9 Å². The number of methoxy groups -OCH3 is 1. The maximum Gasteiger partial charge on any atom is 0.332 e. The number of carboxylic acid groups (broad SMARTS) is 1. The molecule has 0 saturated carbocycles. The minimum absolute atomic E-state index is 0.229. The van der Waals surface area contributed by atoms with Crippen molar-refractivity contribution in [2.24, 2.45) is 5.92 Å². The van der Waals surface area contributed by atoms with E-state index < -0.39 is 23.4 Å². The summed E-state index contributed by atoms with van der Waals surface area (Å²) < 4.78 is 4.86. The Morgan fingerprint density at radius 1 is 1.27 bits per heavy atom. The van der Waals surface area contributed by atoms with E-state index in [4.69, 9.17) is 4.74 Å². The summed E-state index contributed by atoms with van der Waals surface area (Å²) >= 11 is 0. The van der Waals surface area contributed by atoms with Crippen molar-refractivity contribution < 1.29 is 24.2 Å². The normalized spacial score (nSPS) is 29.4. The lowest BCUT2D eigenvalue weighted by Gasteiger charge is -2.35. The number of ether oxygens (including phenoxy) is 1. The molecule has 116 valence electrons. The van der Waals surface area contributed by atoms with Crippen LogP contribution in [0.1, 0.15) is 29.6 Å². The van der Waals surface area contributed by atoms with Crippen molar-refractivity contribution in [2.75, 3.05) is 7.11 Å². The number of amides is 1. The summed E-state index contributed by atoms with van der Waals surface area (Å²) in [6.07, 6.45) is 1.25. The molecule has 0 unspecified atom stereocenters. The van der Waals surface area contributed by atoms with Crippen molar-refractivity contribution in [3.8, 4) is 0 Å². The molecule has 1 aromatic carbocycles. The fraction of sp³-hybridized carbons (Fsp3) is 0.438. The zero-order valence-corrected chi connectivity index (χ0v) is 12.2. The van der Waals surface area contributed by atoms with E-state index in [1.165, 1.54) is 12.0 Å². The van der Waals surface area contributed by atoms with Crippen LogP contribution in [0.5, 0.6) is 0 Å². The lowest BCUT2D eigenvalue weighted by atomic mass is 9.77. The second-order valence-corrected chi connectivity index (χ2v) is 5.78. The van der Waals surface area contributed by atoms with Crippen molar-refractivity contribution in [1.82, 2.24) is 4.90 Å². The van der Waals surface area contributed by atoms with Crippen LogP contribution in [0.2, 0.25) is 0 Å². The van der Waals surface area contributed by atoms with Gasteiger partial charge in [0.15, 0.2) is 5.54 Å². The summed E-state index contributed by atoms with van der Waals surface area (Å²) in [4.78, 5) is 38.2. The molecule has 0 spiro atoms. The van der Waals surface area contributed by atoms with E-state index in [0.717, 1.165) is 0 Å². The number of carbonyl (C=O) groups is 3. The number of nitrogens with zero attached hydrogens (tertiary/aromatic N) is 1. The number of hydrogen-bond donors (Lipinski definition) is 1. The van der Waals surface area contributed by atoms with Crippen molar-refractivity contribution in [3.63, 3.8) is 0 Å². The van der Waals surface area contributed by atoms with E-state index in [-0.39, 0.29) is 11.9 Å². The van der Waals surface area contributed by atoms with Crippen LogP contribution in [0, 0.1) is 5.92 Å². The molecule has 2 heterocycles. The second kappa shape index (κ2) is 5.12. The first kappa shape index (κ1) is 14.6. The quantitative estimate of drug-likeness (QED) is 0.851. The van der Waals surface area contributed by atoms with Crippen LogP contribution in [0.15, 0.2) is 30.3 Å². The molecular weight excluding hydrogens is 286 g/mol. The summed E-state index contributed by atoms with van der Waals surface area (Å²) in [5.74, 6) is -2.91. The van der Waals surface area contributed by atoms with Crippen molar-refractivity contribution in [1.29, 1.82) is 0 Å². The molecule has 2 aliphatic rings. The number of rotatable bonds is 3. The van der Waals surface area contributed by atoms with Gasteiger partial charge in [-0.25, -0.2) is 4.79 Å². The van der Waals surface area contributed by atoms with E-state index in [0.29, 0.717) is 24.8 Å². The molecule has 3 atom stereocenters. The Morgan fingerprint density at radius 3 is 2.55 bits per heavy atom. The number of aliphatic carboxylic acids is 1. The van der Waals surface area contributed by atoms with E-state index in [1.807, 2.05) is 0 Å². The van der Waals surface area contributed by atoms with Gasteiger partial charge >= 0.3 is 11.9 Å². The Bertz CT molecular complexity index is 629. The third-order valence-corrected chi connectivity index (χ3v) is 4.81. The highest BCUT2D eigenvalue weighted by Gasteiger charge is 2.67. The van der Waals surface area contributed by atoms with Gasteiger partial charge in [0.05, 0.1) is 13.0 Å². The summed E-state index contributed by atoms with van der Waals surface area (Å²) in [5, 5.41) is 9.47. The molecule has 2 aliphatic heterocycles. The molecule has 0 radical (unpaired) electrons. The number of carboxylic acids is 1. The summed E-state index contributed by atoms with van der Waals surface area (Å²) in [5.41, 5.74) is -0.924. The highest BCUT2D eigenvalue weighted by Crippen LogP contribution is 2.51. The van der Waals surface area contributed by atoms with E-state index in [1.54, 1.807) is 30.3 Å². The predicted octanol–water partition coefficient (Wildman–Crippen LogP) is 1.31. The number of fused-ring (bicyclic) bond motifs is 2. The molecule has 1 N–H and O–H groups in total. The van der Waals surface area contributed by atoms with Crippen molar-refractivity contribution in [3.05, 3.63) is 35.9 Å². The molecule has 3 rings (SSSR count). The molecule has 1 amide bonds. The molecule has 2 bridgehead atoms. The number of esters is 1. The maximum absolute atomic E-state index is 12.8. The third-order valence-electron chi connectivity index (χ3n) is 4.81. The molecule has 6 nitrogen and oxygen atoms in total. The molecule has 1 aromatic rings. The first-order chi connectivity index (χ1) is 10.5. The molecule has 0 aromatic heterocycles. The standard InChI is InChI=1S/C16H17NO5/c1-22-15(21)16-8-7-11(9-12(16)14(19)20)17(16)13(18)10-5-3-2-4-6-10/h2-6,11-12H,7-9H2,1H3,(H,19,20)/t11-,12+,16+/m1/s1. The third kappa shape index (κ3) is 1.83. The van der Waals surface area contributed by atoms with Crippen LogP contribution in [-0.2, 0) is 14.3 Å². The first-order valence-corrected chi connectivity index (χ1v) is 7.22. The van der Waals surface area contributed by atoms with Crippen molar-refractivity contribution in [2.45, 2.75) is 30.8 Å². The largest absolute Gasteiger partial charge is 0.481 e. The SMILES string of the molecule is COC(=O)[C@]12CC[C@H](C[C@H]1C(=O)O)N2C(=O)c1ccccc1. The van der Waals surface area contributed by atoms with Crippen LogP contribution >= 0.6 is 0 Å². The Hall–Kier alpha value is -2.37. The van der Waals surface area contributed by atoms with Crippen LogP contribution in [0.25, 0.3) is 0 Å².